The van der Waals surface area contributed by atoms with Gasteiger partial charge in [-0.2, -0.15) is 0 Å². The van der Waals surface area contributed by atoms with Gasteiger partial charge in [-0.05, 0) is 23.7 Å². The van der Waals surface area contributed by atoms with E-state index in [1.807, 2.05) is 13.8 Å². The Morgan fingerprint density at radius 1 is 1.20 bits per heavy atom. The molecule has 0 atom stereocenters. The van der Waals surface area contributed by atoms with Gasteiger partial charge in [0, 0.05) is 12.5 Å². The van der Waals surface area contributed by atoms with Crippen LogP contribution in [0.1, 0.15) is 43.5 Å². The number of rotatable bonds is 6. The van der Waals surface area contributed by atoms with Crippen LogP contribution in [0.25, 0.3) is 0 Å². The highest BCUT2D eigenvalue weighted by atomic mass is 32.2. The minimum absolute atomic E-state index is 0.153. The zero-order chi connectivity index (χ0) is 15.3. The fraction of sp³-hybridized carbons (Fsp3) is 0.429. The van der Waals surface area contributed by atoms with Crippen molar-refractivity contribution in [3.8, 4) is 0 Å². The van der Waals surface area contributed by atoms with E-state index >= 15 is 0 Å². The summed E-state index contributed by atoms with van der Waals surface area (Å²) >= 11 is 0.626. The Kier molecular flexibility index (Phi) is 6.13. The van der Waals surface area contributed by atoms with E-state index in [9.17, 15) is 18.4 Å². The van der Waals surface area contributed by atoms with Gasteiger partial charge in [0.05, 0.1) is 10.5 Å². The van der Waals surface area contributed by atoms with Gasteiger partial charge >= 0.3 is 5.97 Å². The first-order chi connectivity index (χ1) is 9.38. The van der Waals surface area contributed by atoms with Crippen LogP contribution in [0.4, 0.5) is 8.78 Å². The fourth-order valence-electron chi connectivity index (χ4n) is 1.75. The summed E-state index contributed by atoms with van der Waals surface area (Å²) in [6.45, 7) is 3.93. The van der Waals surface area contributed by atoms with Crippen molar-refractivity contribution in [2.24, 2.45) is 5.92 Å². The molecule has 0 bridgehead atoms. The van der Waals surface area contributed by atoms with Crippen molar-refractivity contribution >= 4 is 22.8 Å². The molecule has 6 heteroatoms. The minimum atomic E-state index is -1.49. The molecular formula is C14H16F2O3S. The van der Waals surface area contributed by atoms with Crippen LogP contribution >= 0.6 is 11.8 Å². The van der Waals surface area contributed by atoms with Crippen molar-refractivity contribution < 1.29 is 23.5 Å². The smallest absolute Gasteiger partial charge is 0.338 e. The number of thioether (sulfide) groups is 1. The van der Waals surface area contributed by atoms with Gasteiger partial charge in [-0.1, -0.05) is 26.7 Å². The molecule has 1 rings (SSSR count). The molecule has 0 fully saturated rings. The molecule has 1 aromatic carbocycles. The largest absolute Gasteiger partial charge is 0.478 e. The van der Waals surface area contributed by atoms with Crippen molar-refractivity contribution in [2.75, 3.05) is 0 Å². The predicted octanol–water partition coefficient (Wildman–Crippen LogP) is 4.11. The third-order valence-electron chi connectivity index (χ3n) is 3.09. The Morgan fingerprint density at radius 3 is 2.30 bits per heavy atom. The lowest BCUT2D eigenvalue weighted by atomic mass is 10.0. The zero-order valence-corrected chi connectivity index (χ0v) is 12.1. The average Bonchev–Trinajstić information content (AvgIpc) is 2.38. The Labute approximate surface area is 120 Å². The highest BCUT2D eigenvalue weighted by Gasteiger charge is 2.19. The molecular weight excluding hydrogens is 286 g/mol. The second kappa shape index (κ2) is 7.38. The summed E-state index contributed by atoms with van der Waals surface area (Å²) < 4.78 is 26.8. The molecule has 1 aromatic rings. The molecule has 0 spiro atoms. The highest BCUT2D eigenvalue weighted by molar-refractivity contribution is 8.13. The molecule has 0 unspecified atom stereocenters. The molecule has 0 aliphatic heterocycles. The molecule has 110 valence electrons. The number of benzene rings is 1. The second-order valence-corrected chi connectivity index (χ2v) is 5.53. The van der Waals surface area contributed by atoms with E-state index in [1.165, 1.54) is 0 Å². The van der Waals surface area contributed by atoms with E-state index < -0.39 is 23.2 Å². The SMILES string of the molecule is CCC(CC)CC(=O)Sc1cc(C(=O)O)c(F)cc1F. The lowest BCUT2D eigenvalue weighted by Crippen LogP contribution is -2.06. The maximum atomic E-state index is 13.5. The van der Waals surface area contributed by atoms with Crippen molar-refractivity contribution in [1.29, 1.82) is 0 Å². The van der Waals surface area contributed by atoms with Crippen LogP contribution in [0.15, 0.2) is 17.0 Å². The van der Waals surface area contributed by atoms with Crippen LogP contribution in [-0.2, 0) is 4.79 Å². The summed E-state index contributed by atoms with van der Waals surface area (Å²) in [6, 6.07) is 1.36. The first-order valence-corrected chi connectivity index (χ1v) is 7.13. The first-order valence-electron chi connectivity index (χ1n) is 6.32. The van der Waals surface area contributed by atoms with Crippen LogP contribution in [0, 0.1) is 17.6 Å². The van der Waals surface area contributed by atoms with Crippen LogP contribution in [0.5, 0.6) is 0 Å². The van der Waals surface area contributed by atoms with Gasteiger partial charge in [-0.25, -0.2) is 13.6 Å². The summed E-state index contributed by atoms with van der Waals surface area (Å²) in [5, 5.41) is 8.53. The molecule has 1 N–H and O–H groups in total. The van der Waals surface area contributed by atoms with Gasteiger partial charge in [0.15, 0.2) is 5.12 Å². The van der Waals surface area contributed by atoms with Gasteiger partial charge in [0.1, 0.15) is 11.6 Å². The van der Waals surface area contributed by atoms with Crippen LogP contribution in [0.2, 0.25) is 0 Å². The number of hydrogen-bond acceptors (Lipinski definition) is 3. The van der Waals surface area contributed by atoms with Crippen molar-refractivity contribution in [3.63, 3.8) is 0 Å². The molecule has 0 aliphatic rings. The summed E-state index contributed by atoms with van der Waals surface area (Å²) in [4.78, 5) is 22.4. The Morgan fingerprint density at radius 2 is 1.80 bits per heavy atom. The molecule has 0 radical (unpaired) electrons. The van der Waals surface area contributed by atoms with Gasteiger partial charge in [0.25, 0.3) is 0 Å². The summed E-state index contributed by atoms with van der Waals surface area (Å²) in [6.07, 6.45) is 1.97. The predicted molar refractivity (Wildman–Crippen MR) is 72.9 cm³/mol. The lowest BCUT2D eigenvalue weighted by Gasteiger charge is -2.11. The Hall–Kier alpha value is -1.43. The van der Waals surface area contributed by atoms with Gasteiger partial charge < -0.3 is 5.11 Å². The number of carboxylic acid groups (broad SMARTS) is 1. The van der Waals surface area contributed by atoms with E-state index in [0.29, 0.717) is 17.8 Å². The molecule has 3 nitrogen and oxygen atoms in total. The van der Waals surface area contributed by atoms with E-state index in [-0.39, 0.29) is 22.3 Å². The van der Waals surface area contributed by atoms with Crippen molar-refractivity contribution in [3.05, 3.63) is 29.3 Å². The van der Waals surface area contributed by atoms with Gasteiger partial charge in [0.2, 0.25) is 0 Å². The maximum absolute atomic E-state index is 13.5. The molecule has 0 aliphatic carbocycles. The topological polar surface area (TPSA) is 54.4 Å². The minimum Gasteiger partial charge on any atom is -0.478 e. The van der Waals surface area contributed by atoms with Gasteiger partial charge in [-0.3, -0.25) is 4.79 Å². The monoisotopic (exact) mass is 302 g/mol. The summed E-state index contributed by atoms with van der Waals surface area (Å²) in [5.41, 5.74) is -0.635. The lowest BCUT2D eigenvalue weighted by molar-refractivity contribution is -0.111. The van der Waals surface area contributed by atoms with Crippen molar-refractivity contribution in [2.45, 2.75) is 38.0 Å². The number of aromatic carboxylic acids is 1. The number of carbonyl (C=O) groups is 2. The third kappa shape index (κ3) is 4.30. The van der Waals surface area contributed by atoms with Crippen LogP contribution in [0.3, 0.4) is 0 Å². The molecule has 0 heterocycles. The summed E-state index contributed by atoms with van der Waals surface area (Å²) in [5.74, 6) is -3.34. The van der Waals surface area contributed by atoms with Crippen LogP contribution < -0.4 is 0 Å². The van der Waals surface area contributed by atoms with E-state index in [1.54, 1.807) is 0 Å². The van der Waals surface area contributed by atoms with Crippen molar-refractivity contribution in [1.82, 2.24) is 0 Å². The quantitative estimate of drug-likeness (QED) is 0.804. The number of halogens is 2. The molecule has 0 saturated heterocycles. The Bertz CT molecular complexity index is 513. The average molecular weight is 302 g/mol. The zero-order valence-electron chi connectivity index (χ0n) is 11.3. The number of carboxylic acids is 1. The first kappa shape index (κ1) is 16.6. The highest BCUT2D eigenvalue weighted by Crippen LogP contribution is 2.28. The van der Waals surface area contributed by atoms with Crippen LogP contribution in [-0.4, -0.2) is 16.2 Å². The summed E-state index contributed by atoms with van der Waals surface area (Å²) in [7, 11) is 0. The number of hydrogen-bond donors (Lipinski definition) is 1. The molecule has 0 aromatic heterocycles. The normalized spacial score (nSPS) is 10.8. The molecule has 0 saturated carbocycles. The molecule has 20 heavy (non-hydrogen) atoms. The third-order valence-corrected chi connectivity index (χ3v) is 4.01. The standard InChI is InChI=1S/C14H16F2O3S/c1-3-8(4-2)5-13(17)20-12-6-9(14(18)19)10(15)7-11(12)16/h6-8H,3-5H2,1-2H3,(H,18,19). The Balaban J connectivity index is 2.89. The van der Waals surface area contributed by atoms with Gasteiger partial charge in [-0.15, -0.1) is 0 Å². The number of carbonyl (C=O) groups excluding carboxylic acids is 1. The van der Waals surface area contributed by atoms with E-state index in [0.717, 1.165) is 18.9 Å². The van der Waals surface area contributed by atoms with E-state index in [4.69, 9.17) is 5.11 Å². The van der Waals surface area contributed by atoms with E-state index in [2.05, 4.69) is 0 Å². The fourth-order valence-corrected chi connectivity index (χ4v) is 2.65. The molecule has 0 amide bonds. The second-order valence-electron chi connectivity index (χ2n) is 4.43. The maximum Gasteiger partial charge on any atom is 0.338 e.